The summed E-state index contributed by atoms with van der Waals surface area (Å²) in [5.74, 6) is 2.07. The molecule has 1 saturated carbocycles. The van der Waals surface area contributed by atoms with Gasteiger partial charge in [0.15, 0.2) is 17.5 Å². The van der Waals surface area contributed by atoms with Gasteiger partial charge in [0.2, 0.25) is 11.1 Å². The molecule has 5 rings (SSSR count). The number of ether oxygens (including phenoxy) is 1. The SMILES string of the molecule is Cc1nsc(N2C[C@H]3CC[C@@H](C2)[C@@H]3Nc2nc3c(O[C@H](C)C(F)(F)F)cccn3n2)n1. The number of pyridine rings is 1. The third kappa shape index (κ3) is 3.88. The van der Waals surface area contributed by atoms with Crippen molar-refractivity contribution in [3.05, 3.63) is 24.2 Å². The number of nitrogens with one attached hydrogen (secondary N) is 1. The van der Waals surface area contributed by atoms with E-state index in [9.17, 15) is 13.2 Å². The summed E-state index contributed by atoms with van der Waals surface area (Å²) < 4.78 is 49.6. The first-order valence-electron chi connectivity index (χ1n) is 10.2. The summed E-state index contributed by atoms with van der Waals surface area (Å²) >= 11 is 1.43. The minimum absolute atomic E-state index is 0.0531. The number of aryl methyl sites for hydroxylation is 1. The molecule has 2 aliphatic rings. The van der Waals surface area contributed by atoms with Crippen LogP contribution in [0.1, 0.15) is 25.6 Å². The van der Waals surface area contributed by atoms with Crippen molar-refractivity contribution in [2.45, 2.75) is 45.0 Å². The van der Waals surface area contributed by atoms with Crippen LogP contribution >= 0.6 is 11.5 Å². The first-order valence-corrected chi connectivity index (χ1v) is 11.0. The maximum Gasteiger partial charge on any atom is 0.425 e. The number of hydrogen-bond acceptors (Lipinski definition) is 8. The highest BCUT2D eigenvalue weighted by Crippen LogP contribution is 2.40. The molecular weight excluding hydrogens is 431 g/mol. The molecule has 31 heavy (non-hydrogen) atoms. The summed E-state index contributed by atoms with van der Waals surface area (Å²) in [6, 6.07) is 3.28. The number of hydrogen-bond donors (Lipinski definition) is 1. The van der Waals surface area contributed by atoms with E-state index < -0.39 is 12.3 Å². The van der Waals surface area contributed by atoms with Gasteiger partial charge in [-0.25, -0.2) is 9.50 Å². The highest BCUT2D eigenvalue weighted by atomic mass is 32.1. The predicted molar refractivity (Wildman–Crippen MR) is 110 cm³/mol. The predicted octanol–water partition coefficient (Wildman–Crippen LogP) is 3.55. The minimum atomic E-state index is -4.45. The van der Waals surface area contributed by atoms with Gasteiger partial charge in [0, 0.05) is 36.9 Å². The van der Waals surface area contributed by atoms with Gasteiger partial charge in [0.1, 0.15) is 5.82 Å². The summed E-state index contributed by atoms with van der Waals surface area (Å²) in [7, 11) is 0. The Labute approximate surface area is 180 Å². The maximum absolute atomic E-state index is 12.9. The standard InChI is InChI=1S/C19H22F3N7OS/c1-10(19(20,21)22)30-14-4-3-7-29-16(14)25-17(26-29)24-15-12-5-6-13(15)9-28(8-12)18-23-11(2)27-31-18/h3-4,7,10,12-13,15H,5-6,8-9H2,1-2H3,(H,24,26)/t10-,12-,13+,15-/m1/s1. The first-order chi connectivity index (χ1) is 14.8. The van der Waals surface area contributed by atoms with E-state index in [1.165, 1.54) is 22.1 Å². The smallest absolute Gasteiger partial charge is 0.425 e. The molecule has 1 saturated heterocycles. The second kappa shape index (κ2) is 7.50. The molecule has 0 radical (unpaired) electrons. The largest absolute Gasteiger partial charge is 0.477 e. The Hall–Kier alpha value is -2.63. The van der Waals surface area contributed by atoms with E-state index in [1.807, 2.05) is 6.92 Å². The van der Waals surface area contributed by atoms with E-state index >= 15 is 0 Å². The minimum Gasteiger partial charge on any atom is -0.477 e. The van der Waals surface area contributed by atoms with E-state index in [2.05, 4.69) is 29.7 Å². The third-order valence-electron chi connectivity index (χ3n) is 6.01. The lowest BCUT2D eigenvalue weighted by Gasteiger charge is -2.37. The number of nitrogens with zero attached hydrogens (tertiary/aromatic N) is 6. The monoisotopic (exact) mass is 453 g/mol. The van der Waals surface area contributed by atoms with Crippen molar-refractivity contribution in [2.75, 3.05) is 23.3 Å². The van der Waals surface area contributed by atoms with Crippen LogP contribution in [0, 0.1) is 18.8 Å². The topological polar surface area (TPSA) is 80.5 Å². The van der Waals surface area contributed by atoms with Crippen LogP contribution in [0.15, 0.2) is 18.3 Å². The van der Waals surface area contributed by atoms with E-state index in [4.69, 9.17) is 4.74 Å². The quantitative estimate of drug-likeness (QED) is 0.633. The van der Waals surface area contributed by atoms with Crippen LogP contribution in [0.4, 0.5) is 24.3 Å². The lowest BCUT2D eigenvalue weighted by Crippen LogP contribution is -2.48. The first kappa shape index (κ1) is 20.3. The molecule has 0 spiro atoms. The molecular formula is C19H22F3N7OS. The highest BCUT2D eigenvalue weighted by molar-refractivity contribution is 7.09. The average Bonchev–Trinajstić information content (AvgIpc) is 3.38. The van der Waals surface area contributed by atoms with E-state index in [-0.39, 0.29) is 17.4 Å². The molecule has 0 amide bonds. The normalized spacial score (nSPS) is 24.5. The van der Waals surface area contributed by atoms with Gasteiger partial charge in [-0.3, -0.25) is 0 Å². The van der Waals surface area contributed by atoms with Crippen molar-refractivity contribution in [3.8, 4) is 5.75 Å². The summed E-state index contributed by atoms with van der Waals surface area (Å²) in [5, 5.41) is 8.81. The van der Waals surface area contributed by atoms with Gasteiger partial charge in [-0.05, 0) is 50.7 Å². The highest BCUT2D eigenvalue weighted by Gasteiger charge is 2.43. The molecule has 166 valence electrons. The van der Waals surface area contributed by atoms with Gasteiger partial charge in [-0.15, -0.1) is 5.10 Å². The van der Waals surface area contributed by atoms with Crippen LogP contribution in [0.3, 0.4) is 0 Å². The molecule has 4 heterocycles. The fourth-order valence-corrected chi connectivity index (χ4v) is 5.16. The average molecular weight is 453 g/mol. The zero-order chi connectivity index (χ0) is 21.8. The molecule has 0 aromatic carbocycles. The van der Waals surface area contributed by atoms with Crippen molar-refractivity contribution >= 4 is 28.3 Å². The van der Waals surface area contributed by atoms with Crippen LogP contribution in [-0.2, 0) is 0 Å². The number of aromatic nitrogens is 5. The molecule has 4 atom stereocenters. The van der Waals surface area contributed by atoms with Crippen LogP contribution < -0.4 is 15.0 Å². The summed E-state index contributed by atoms with van der Waals surface area (Å²) in [4.78, 5) is 11.2. The molecule has 1 aliphatic carbocycles. The van der Waals surface area contributed by atoms with Crippen LogP contribution in [-0.4, -0.2) is 55.4 Å². The number of piperidine rings is 1. The van der Waals surface area contributed by atoms with E-state index in [0.29, 0.717) is 17.8 Å². The van der Waals surface area contributed by atoms with Crippen LogP contribution in [0.2, 0.25) is 0 Å². The van der Waals surface area contributed by atoms with Gasteiger partial charge in [-0.1, -0.05) is 0 Å². The lowest BCUT2D eigenvalue weighted by atomic mass is 9.92. The van der Waals surface area contributed by atoms with Gasteiger partial charge >= 0.3 is 6.18 Å². The Morgan fingerprint density at radius 3 is 2.61 bits per heavy atom. The number of rotatable bonds is 5. The second-order valence-electron chi connectivity index (χ2n) is 8.17. The number of halogens is 3. The van der Waals surface area contributed by atoms with Crippen molar-refractivity contribution in [1.29, 1.82) is 0 Å². The summed E-state index contributed by atoms with van der Waals surface area (Å²) in [6.45, 7) is 4.64. The second-order valence-corrected chi connectivity index (χ2v) is 8.90. The van der Waals surface area contributed by atoms with Crippen molar-refractivity contribution in [1.82, 2.24) is 24.0 Å². The van der Waals surface area contributed by atoms with Gasteiger partial charge in [-0.2, -0.15) is 22.5 Å². The Kier molecular flexibility index (Phi) is 4.91. The molecule has 2 fully saturated rings. The zero-order valence-electron chi connectivity index (χ0n) is 17.0. The van der Waals surface area contributed by atoms with Crippen LogP contribution in [0.5, 0.6) is 5.75 Å². The summed E-state index contributed by atoms with van der Waals surface area (Å²) in [6.07, 6.45) is -2.54. The Morgan fingerprint density at radius 2 is 1.97 bits per heavy atom. The molecule has 3 aromatic rings. The van der Waals surface area contributed by atoms with Crippen molar-refractivity contribution < 1.29 is 17.9 Å². The Bertz CT molecular complexity index is 1070. The number of alkyl halides is 3. The fraction of sp³-hybridized carbons (Fsp3) is 0.579. The molecule has 8 nitrogen and oxygen atoms in total. The lowest BCUT2D eigenvalue weighted by molar-refractivity contribution is -0.189. The van der Waals surface area contributed by atoms with Crippen molar-refractivity contribution in [2.24, 2.45) is 11.8 Å². The van der Waals surface area contributed by atoms with Gasteiger partial charge < -0.3 is 15.0 Å². The summed E-state index contributed by atoms with van der Waals surface area (Å²) in [5.41, 5.74) is 0.259. The van der Waals surface area contributed by atoms with Crippen molar-refractivity contribution in [3.63, 3.8) is 0 Å². The van der Waals surface area contributed by atoms with Crippen LogP contribution in [0.25, 0.3) is 5.65 Å². The molecule has 3 aromatic heterocycles. The van der Waals surface area contributed by atoms with Gasteiger partial charge in [0.05, 0.1) is 0 Å². The molecule has 2 bridgehead atoms. The molecule has 1 N–H and O–H groups in total. The van der Waals surface area contributed by atoms with Gasteiger partial charge in [0.25, 0.3) is 0 Å². The molecule has 0 unspecified atom stereocenters. The fourth-order valence-electron chi connectivity index (χ4n) is 4.47. The third-order valence-corrected chi connectivity index (χ3v) is 6.88. The molecule has 1 aliphatic heterocycles. The maximum atomic E-state index is 12.9. The number of anilines is 2. The molecule has 12 heteroatoms. The Balaban J connectivity index is 1.33. The Morgan fingerprint density at radius 1 is 1.23 bits per heavy atom. The van der Waals surface area contributed by atoms with E-state index in [0.717, 1.165) is 43.8 Å². The van der Waals surface area contributed by atoms with E-state index in [1.54, 1.807) is 12.3 Å². The zero-order valence-corrected chi connectivity index (χ0v) is 17.8. The number of fused-ring (bicyclic) bond motifs is 3.